The Morgan fingerprint density at radius 1 is 1.26 bits per heavy atom. The lowest BCUT2D eigenvalue weighted by Crippen LogP contribution is -2.10. The van der Waals surface area contributed by atoms with Gasteiger partial charge in [-0.15, -0.1) is 0 Å². The first-order chi connectivity index (χ1) is 9.33. The van der Waals surface area contributed by atoms with Gasteiger partial charge in [-0.1, -0.05) is 6.07 Å². The van der Waals surface area contributed by atoms with Crippen LogP contribution in [0.4, 0.5) is 11.8 Å². The monoisotopic (exact) mass is 255 g/mol. The fourth-order valence-corrected chi connectivity index (χ4v) is 2.29. The van der Waals surface area contributed by atoms with E-state index in [2.05, 4.69) is 25.6 Å². The van der Waals surface area contributed by atoms with Gasteiger partial charge in [0.15, 0.2) is 0 Å². The Labute approximate surface area is 112 Å². The van der Waals surface area contributed by atoms with Crippen molar-refractivity contribution in [2.24, 2.45) is 0 Å². The van der Waals surface area contributed by atoms with E-state index in [4.69, 9.17) is 0 Å². The molecular weight excluding hydrogens is 238 g/mol. The van der Waals surface area contributed by atoms with Gasteiger partial charge in [-0.3, -0.25) is 0 Å². The van der Waals surface area contributed by atoms with Gasteiger partial charge in [-0.25, -0.2) is 15.0 Å². The van der Waals surface area contributed by atoms with Crippen LogP contribution in [0.1, 0.15) is 23.6 Å². The van der Waals surface area contributed by atoms with Crippen LogP contribution in [-0.2, 0) is 0 Å². The summed E-state index contributed by atoms with van der Waals surface area (Å²) in [4.78, 5) is 13.2. The van der Waals surface area contributed by atoms with E-state index in [0.29, 0.717) is 11.9 Å². The van der Waals surface area contributed by atoms with Crippen molar-refractivity contribution in [1.82, 2.24) is 20.3 Å². The number of rotatable bonds is 3. The molecule has 2 N–H and O–H groups in total. The molecule has 1 atom stereocenters. The Morgan fingerprint density at radius 2 is 2.21 bits per heavy atom. The number of aromatic nitrogens is 3. The van der Waals surface area contributed by atoms with Crippen molar-refractivity contribution in [2.45, 2.75) is 19.3 Å². The Morgan fingerprint density at radius 3 is 3.00 bits per heavy atom. The molecule has 1 aliphatic heterocycles. The highest BCUT2D eigenvalue weighted by Gasteiger charge is 2.18. The minimum Gasteiger partial charge on any atom is -0.316 e. The fourth-order valence-electron chi connectivity index (χ4n) is 2.29. The molecule has 0 bridgehead atoms. The number of anilines is 2. The minimum atomic E-state index is 0.494. The van der Waals surface area contributed by atoms with Crippen molar-refractivity contribution in [1.29, 1.82) is 0 Å². The summed E-state index contributed by atoms with van der Waals surface area (Å²) in [5, 5.41) is 6.54. The Kier molecular flexibility index (Phi) is 3.37. The average molecular weight is 255 g/mol. The fraction of sp³-hybridized carbons (Fsp3) is 0.357. The van der Waals surface area contributed by atoms with Gasteiger partial charge in [0.1, 0.15) is 5.82 Å². The number of nitrogens with zero attached hydrogens (tertiary/aromatic N) is 3. The van der Waals surface area contributed by atoms with Crippen molar-refractivity contribution in [2.75, 3.05) is 18.4 Å². The maximum absolute atomic E-state index is 4.59. The van der Waals surface area contributed by atoms with Crippen molar-refractivity contribution >= 4 is 11.8 Å². The van der Waals surface area contributed by atoms with Crippen molar-refractivity contribution in [3.05, 3.63) is 41.9 Å². The highest BCUT2D eigenvalue weighted by molar-refractivity contribution is 5.52. The summed E-state index contributed by atoms with van der Waals surface area (Å²) in [6.07, 6.45) is 4.71. The lowest BCUT2D eigenvalue weighted by molar-refractivity contribution is 0.732. The summed E-state index contributed by atoms with van der Waals surface area (Å²) in [6, 6.07) is 5.93. The Bertz CT molecular complexity index is 563. The van der Waals surface area contributed by atoms with E-state index in [0.717, 1.165) is 36.6 Å². The lowest BCUT2D eigenvalue weighted by Gasteiger charge is -2.10. The molecule has 5 heteroatoms. The van der Waals surface area contributed by atoms with Crippen LogP contribution in [0.3, 0.4) is 0 Å². The van der Waals surface area contributed by atoms with Crippen LogP contribution < -0.4 is 10.6 Å². The predicted octanol–water partition coefficient (Wildman–Crippen LogP) is 2.00. The number of nitrogens with one attached hydrogen (secondary N) is 2. The third kappa shape index (κ3) is 2.71. The molecule has 3 rings (SSSR count). The van der Waals surface area contributed by atoms with E-state index in [1.54, 1.807) is 12.4 Å². The van der Waals surface area contributed by atoms with E-state index in [1.165, 1.54) is 0 Å². The first-order valence-electron chi connectivity index (χ1n) is 6.55. The zero-order valence-corrected chi connectivity index (χ0v) is 10.9. The third-order valence-corrected chi connectivity index (χ3v) is 3.40. The van der Waals surface area contributed by atoms with Gasteiger partial charge in [0, 0.05) is 24.9 Å². The molecule has 1 fully saturated rings. The van der Waals surface area contributed by atoms with Crippen LogP contribution in [-0.4, -0.2) is 28.0 Å². The zero-order valence-electron chi connectivity index (χ0n) is 10.9. The summed E-state index contributed by atoms with van der Waals surface area (Å²) < 4.78 is 0. The first-order valence-corrected chi connectivity index (χ1v) is 6.55. The zero-order chi connectivity index (χ0) is 13.1. The van der Waals surface area contributed by atoms with Crippen LogP contribution >= 0.6 is 0 Å². The first kappa shape index (κ1) is 12.0. The second-order valence-electron chi connectivity index (χ2n) is 4.79. The summed E-state index contributed by atoms with van der Waals surface area (Å²) in [7, 11) is 0. The second kappa shape index (κ2) is 5.32. The molecule has 0 aliphatic carbocycles. The molecule has 1 aliphatic rings. The molecule has 0 unspecified atom stereocenters. The molecule has 0 radical (unpaired) electrons. The van der Waals surface area contributed by atoms with E-state index >= 15 is 0 Å². The van der Waals surface area contributed by atoms with Crippen LogP contribution in [0.2, 0.25) is 0 Å². The van der Waals surface area contributed by atoms with Crippen LogP contribution in [0, 0.1) is 6.92 Å². The van der Waals surface area contributed by atoms with Gasteiger partial charge in [0.2, 0.25) is 5.95 Å². The Balaban J connectivity index is 1.81. The molecule has 2 aromatic rings. The molecule has 0 saturated carbocycles. The predicted molar refractivity (Wildman–Crippen MR) is 74.5 cm³/mol. The quantitative estimate of drug-likeness (QED) is 0.878. The summed E-state index contributed by atoms with van der Waals surface area (Å²) >= 11 is 0. The van der Waals surface area contributed by atoms with E-state index < -0.39 is 0 Å². The molecule has 0 amide bonds. The molecule has 0 aromatic carbocycles. The van der Waals surface area contributed by atoms with Crippen LogP contribution in [0.25, 0.3) is 0 Å². The van der Waals surface area contributed by atoms with Gasteiger partial charge in [0.25, 0.3) is 0 Å². The topological polar surface area (TPSA) is 62.7 Å². The van der Waals surface area contributed by atoms with Crippen molar-refractivity contribution < 1.29 is 0 Å². The minimum absolute atomic E-state index is 0.494. The van der Waals surface area contributed by atoms with E-state index in [1.807, 2.05) is 25.1 Å². The van der Waals surface area contributed by atoms with Gasteiger partial charge in [-0.2, -0.15) is 0 Å². The lowest BCUT2D eigenvalue weighted by atomic mass is 10.1. The Hall–Kier alpha value is -2.01. The maximum Gasteiger partial charge on any atom is 0.228 e. The summed E-state index contributed by atoms with van der Waals surface area (Å²) in [5.41, 5.74) is 2.18. The normalized spacial score (nSPS) is 18.5. The second-order valence-corrected chi connectivity index (χ2v) is 4.79. The van der Waals surface area contributed by atoms with Gasteiger partial charge in [-0.05, 0) is 37.6 Å². The summed E-state index contributed by atoms with van der Waals surface area (Å²) in [6.45, 7) is 4.08. The van der Waals surface area contributed by atoms with Gasteiger partial charge >= 0.3 is 0 Å². The maximum atomic E-state index is 4.59. The van der Waals surface area contributed by atoms with Crippen LogP contribution in [0.5, 0.6) is 0 Å². The average Bonchev–Trinajstić information content (AvgIpc) is 2.96. The third-order valence-electron chi connectivity index (χ3n) is 3.40. The largest absolute Gasteiger partial charge is 0.316 e. The van der Waals surface area contributed by atoms with Gasteiger partial charge in [0.05, 0.1) is 5.69 Å². The smallest absolute Gasteiger partial charge is 0.228 e. The summed E-state index contributed by atoms with van der Waals surface area (Å²) in [5.74, 6) is 1.92. The van der Waals surface area contributed by atoms with Crippen LogP contribution in [0.15, 0.2) is 30.6 Å². The highest BCUT2D eigenvalue weighted by atomic mass is 15.1. The number of hydrogen-bond acceptors (Lipinski definition) is 5. The van der Waals surface area contributed by atoms with Crippen molar-refractivity contribution in [3.63, 3.8) is 0 Å². The SMILES string of the molecule is Cc1cccnc1Nc1nccc([C@@H]2CCNC2)n1. The molecule has 1 saturated heterocycles. The molecule has 5 nitrogen and oxygen atoms in total. The molecule has 3 heterocycles. The molecule has 2 aromatic heterocycles. The highest BCUT2D eigenvalue weighted by Crippen LogP contribution is 2.21. The molecular formula is C14H17N5. The van der Waals surface area contributed by atoms with E-state index in [-0.39, 0.29) is 0 Å². The number of pyridine rings is 1. The number of hydrogen-bond donors (Lipinski definition) is 2. The molecule has 98 valence electrons. The van der Waals surface area contributed by atoms with Crippen molar-refractivity contribution in [3.8, 4) is 0 Å². The number of aryl methyl sites for hydroxylation is 1. The van der Waals surface area contributed by atoms with E-state index in [9.17, 15) is 0 Å². The molecule has 0 spiro atoms. The molecule has 19 heavy (non-hydrogen) atoms. The van der Waals surface area contributed by atoms with Gasteiger partial charge < -0.3 is 10.6 Å². The standard InChI is InChI=1S/C14H17N5/c1-10-3-2-6-16-13(10)19-14-17-8-5-12(18-14)11-4-7-15-9-11/h2-3,5-6,8,11,15H,4,7,9H2,1H3,(H,16,17,18,19)/t11-/m1/s1.